The van der Waals surface area contributed by atoms with Gasteiger partial charge in [-0.25, -0.2) is 4.39 Å². The summed E-state index contributed by atoms with van der Waals surface area (Å²) in [6, 6.07) is 12.9. The van der Waals surface area contributed by atoms with E-state index in [0.29, 0.717) is 0 Å². The first-order valence-corrected chi connectivity index (χ1v) is 5.94. The van der Waals surface area contributed by atoms with Gasteiger partial charge in [-0.05, 0) is 54.3 Å². The molecule has 0 radical (unpaired) electrons. The van der Waals surface area contributed by atoms with Gasteiger partial charge in [-0.15, -0.1) is 0 Å². The Morgan fingerprint density at radius 1 is 1.12 bits per heavy atom. The minimum atomic E-state index is -0.176. The van der Waals surface area contributed by atoms with E-state index in [2.05, 4.69) is 35.0 Å². The standard InChI is InChI=1S/C14H12BrF/c1-10-5-6-13(15)9-12(10)7-11-3-2-4-14(16)8-11/h2-6,8-9H,7H2,1H3. The molecule has 2 heteroatoms. The highest BCUT2D eigenvalue weighted by molar-refractivity contribution is 9.10. The molecule has 0 unspecified atom stereocenters. The molecule has 82 valence electrons. The molecule has 0 saturated heterocycles. The zero-order chi connectivity index (χ0) is 11.5. The van der Waals surface area contributed by atoms with Crippen LogP contribution in [0.2, 0.25) is 0 Å². The Hall–Kier alpha value is -1.15. The van der Waals surface area contributed by atoms with Gasteiger partial charge in [0.2, 0.25) is 0 Å². The van der Waals surface area contributed by atoms with E-state index < -0.39 is 0 Å². The highest BCUT2D eigenvalue weighted by atomic mass is 79.9. The first kappa shape index (κ1) is 11.3. The third kappa shape index (κ3) is 2.70. The van der Waals surface area contributed by atoms with Gasteiger partial charge in [0.25, 0.3) is 0 Å². The molecule has 0 aliphatic rings. The number of halogens is 2. The number of benzene rings is 2. The molecule has 0 nitrogen and oxygen atoms in total. The Bertz CT molecular complexity index is 506. The summed E-state index contributed by atoms with van der Waals surface area (Å²) in [5, 5.41) is 0. The van der Waals surface area contributed by atoms with Gasteiger partial charge in [0.1, 0.15) is 5.82 Å². The summed E-state index contributed by atoms with van der Waals surface area (Å²) in [5.41, 5.74) is 3.45. The summed E-state index contributed by atoms with van der Waals surface area (Å²) in [7, 11) is 0. The second-order valence-corrected chi connectivity index (χ2v) is 4.79. The zero-order valence-electron chi connectivity index (χ0n) is 9.00. The quantitative estimate of drug-likeness (QED) is 0.760. The fourth-order valence-electron chi connectivity index (χ4n) is 1.70. The third-order valence-electron chi connectivity index (χ3n) is 2.59. The summed E-state index contributed by atoms with van der Waals surface area (Å²) >= 11 is 3.45. The van der Waals surface area contributed by atoms with Gasteiger partial charge in [0.15, 0.2) is 0 Å². The smallest absolute Gasteiger partial charge is 0.123 e. The van der Waals surface area contributed by atoms with Crippen molar-refractivity contribution >= 4 is 15.9 Å². The van der Waals surface area contributed by atoms with Crippen molar-refractivity contribution in [3.8, 4) is 0 Å². The topological polar surface area (TPSA) is 0 Å². The fourth-order valence-corrected chi connectivity index (χ4v) is 2.11. The second kappa shape index (κ2) is 4.79. The third-order valence-corrected chi connectivity index (χ3v) is 3.09. The molecule has 0 spiro atoms. The highest BCUT2D eigenvalue weighted by Gasteiger charge is 2.02. The zero-order valence-corrected chi connectivity index (χ0v) is 10.6. The van der Waals surface area contributed by atoms with Crippen LogP contribution in [-0.2, 0) is 6.42 Å². The minimum Gasteiger partial charge on any atom is -0.207 e. The van der Waals surface area contributed by atoms with Crippen molar-refractivity contribution in [1.29, 1.82) is 0 Å². The SMILES string of the molecule is Cc1ccc(Br)cc1Cc1cccc(F)c1. The molecule has 0 bridgehead atoms. The Morgan fingerprint density at radius 3 is 2.69 bits per heavy atom. The van der Waals surface area contributed by atoms with Crippen LogP contribution in [0.1, 0.15) is 16.7 Å². The molecule has 2 aromatic carbocycles. The predicted octanol–water partition coefficient (Wildman–Crippen LogP) is 4.49. The summed E-state index contributed by atoms with van der Waals surface area (Å²) in [6.45, 7) is 2.07. The Labute approximate surface area is 103 Å². The molecule has 0 aliphatic carbocycles. The second-order valence-electron chi connectivity index (χ2n) is 3.88. The largest absolute Gasteiger partial charge is 0.207 e. The van der Waals surface area contributed by atoms with E-state index in [0.717, 1.165) is 16.5 Å². The summed E-state index contributed by atoms with van der Waals surface area (Å²) in [5.74, 6) is -0.176. The number of aryl methyl sites for hydroxylation is 1. The van der Waals surface area contributed by atoms with Crippen LogP contribution in [0, 0.1) is 12.7 Å². The molecule has 16 heavy (non-hydrogen) atoms. The maximum absolute atomic E-state index is 13.0. The first-order chi connectivity index (χ1) is 7.65. The average Bonchev–Trinajstić information content (AvgIpc) is 2.24. The van der Waals surface area contributed by atoms with Crippen LogP contribution in [0.25, 0.3) is 0 Å². The molecule has 2 aromatic rings. The maximum atomic E-state index is 13.0. The van der Waals surface area contributed by atoms with Crippen molar-refractivity contribution in [1.82, 2.24) is 0 Å². The molecule has 0 atom stereocenters. The summed E-state index contributed by atoms with van der Waals surface area (Å²) in [4.78, 5) is 0. The van der Waals surface area contributed by atoms with Gasteiger partial charge in [-0.3, -0.25) is 0 Å². The molecule has 0 aromatic heterocycles. The van der Waals surface area contributed by atoms with Crippen LogP contribution in [0.5, 0.6) is 0 Å². The molecular weight excluding hydrogens is 267 g/mol. The van der Waals surface area contributed by atoms with Crippen LogP contribution in [0.15, 0.2) is 46.9 Å². The maximum Gasteiger partial charge on any atom is 0.123 e. The predicted molar refractivity (Wildman–Crippen MR) is 68.1 cm³/mol. The number of rotatable bonds is 2. The van der Waals surface area contributed by atoms with Crippen molar-refractivity contribution in [2.24, 2.45) is 0 Å². The molecule has 0 fully saturated rings. The van der Waals surface area contributed by atoms with Crippen molar-refractivity contribution < 1.29 is 4.39 Å². The molecule has 0 N–H and O–H groups in total. The lowest BCUT2D eigenvalue weighted by atomic mass is 10.0. The van der Waals surface area contributed by atoms with E-state index in [9.17, 15) is 4.39 Å². The Morgan fingerprint density at radius 2 is 1.94 bits per heavy atom. The fraction of sp³-hybridized carbons (Fsp3) is 0.143. The van der Waals surface area contributed by atoms with Crippen molar-refractivity contribution in [3.05, 3.63) is 69.4 Å². The van der Waals surface area contributed by atoms with E-state index in [1.807, 2.05) is 12.1 Å². The van der Waals surface area contributed by atoms with E-state index >= 15 is 0 Å². The van der Waals surface area contributed by atoms with E-state index in [1.165, 1.54) is 17.2 Å². The van der Waals surface area contributed by atoms with E-state index in [-0.39, 0.29) is 5.82 Å². The van der Waals surface area contributed by atoms with Gasteiger partial charge in [-0.2, -0.15) is 0 Å². The van der Waals surface area contributed by atoms with E-state index in [1.54, 1.807) is 12.1 Å². The normalized spacial score (nSPS) is 10.4. The monoisotopic (exact) mass is 278 g/mol. The van der Waals surface area contributed by atoms with Gasteiger partial charge in [-0.1, -0.05) is 34.1 Å². The molecule has 0 aliphatic heterocycles. The van der Waals surface area contributed by atoms with Gasteiger partial charge >= 0.3 is 0 Å². The van der Waals surface area contributed by atoms with Crippen LogP contribution < -0.4 is 0 Å². The van der Waals surface area contributed by atoms with Crippen molar-refractivity contribution in [3.63, 3.8) is 0 Å². The lowest BCUT2D eigenvalue weighted by Gasteiger charge is -2.06. The first-order valence-electron chi connectivity index (χ1n) is 5.14. The van der Waals surface area contributed by atoms with Crippen molar-refractivity contribution in [2.45, 2.75) is 13.3 Å². The summed E-state index contributed by atoms with van der Waals surface area (Å²) < 4.78 is 14.1. The molecule has 0 amide bonds. The van der Waals surface area contributed by atoms with Crippen LogP contribution in [0.3, 0.4) is 0 Å². The molecule has 0 heterocycles. The molecular formula is C14H12BrF. The molecule has 2 rings (SSSR count). The van der Waals surface area contributed by atoms with Gasteiger partial charge in [0.05, 0.1) is 0 Å². The number of hydrogen-bond acceptors (Lipinski definition) is 0. The lowest BCUT2D eigenvalue weighted by molar-refractivity contribution is 0.626. The minimum absolute atomic E-state index is 0.176. The lowest BCUT2D eigenvalue weighted by Crippen LogP contribution is -1.92. The summed E-state index contributed by atoms with van der Waals surface area (Å²) in [6.07, 6.45) is 0.767. The Kier molecular flexibility index (Phi) is 3.39. The van der Waals surface area contributed by atoms with Gasteiger partial charge < -0.3 is 0 Å². The van der Waals surface area contributed by atoms with Crippen molar-refractivity contribution in [2.75, 3.05) is 0 Å². The van der Waals surface area contributed by atoms with E-state index in [4.69, 9.17) is 0 Å². The van der Waals surface area contributed by atoms with Gasteiger partial charge in [0, 0.05) is 4.47 Å². The van der Waals surface area contributed by atoms with Crippen LogP contribution in [-0.4, -0.2) is 0 Å². The highest BCUT2D eigenvalue weighted by Crippen LogP contribution is 2.19. The van der Waals surface area contributed by atoms with Crippen LogP contribution in [0.4, 0.5) is 4.39 Å². The van der Waals surface area contributed by atoms with Crippen LogP contribution >= 0.6 is 15.9 Å². The Balaban J connectivity index is 2.30. The average molecular weight is 279 g/mol. The molecule has 0 saturated carbocycles. The number of hydrogen-bond donors (Lipinski definition) is 0.